The lowest BCUT2D eigenvalue weighted by Gasteiger charge is -2.15. The van der Waals surface area contributed by atoms with Crippen LogP contribution in [0.2, 0.25) is 10.0 Å². The number of likely N-dealkylation sites (N-methyl/N-ethyl adjacent to an activating group) is 1. The second-order valence-electron chi connectivity index (χ2n) is 7.98. The number of benzene rings is 3. The quantitative estimate of drug-likeness (QED) is 0.254. The number of ether oxygens (including phenoxy) is 2. The lowest BCUT2D eigenvalue weighted by Crippen LogP contribution is -2.23. The molecule has 1 fully saturated rings. The number of rotatable bonds is 7. The van der Waals surface area contributed by atoms with Gasteiger partial charge in [-0.25, -0.2) is 4.99 Å². The van der Waals surface area contributed by atoms with Gasteiger partial charge in [0.15, 0.2) is 16.7 Å². The summed E-state index contributed by atoms with van der Waals surface area (Å²) < 4.78 is 12.6. The molecule has 0 radical (unpaired) electrons. The standard InChI is InChI=1S/C27H23BrCl2N2O3S/c1-4-34-23-11-18(21(28)14-24(23)35-15-17-7-8-19(29)13-22(17)30)12-25-26(33)32(3)27(36-25)31-20-9-5-16(2)6-10-20/h5-14H,4,15H2,1-3H3/b25-12-,31-27?. The molecule has 5 nitrogen and oxygen atoms in total. The Kier molecular flexibility index (Phi) is 8.67. The normalized spacial score (nSPS) is 15.7. The van der Waals surface area contributed by atoms with Crippen LogP contribution >= 0.6 is 50.9 Å². The number of hydrogen-bond acceptors (Lipinski definition) is 5. The number of amidine groups is 1. The first-order chi connectivity index (χ1) is 17.2. The van der Waals surface area contributed by atoms with E-state index in [1.807, 2.05) is 62.4 Å². The molecule has 0 bridgehead atoms. The lowest BCUT2D eigenvalue weighted by atomic mass is 10.1. The van der Waals surface area contributed by atoms with Crippen LogP contribution in [0.1, 0.15) is 23.6 Å². The van der Waals surface area contributed by atoms with Crippen LogP contribution in [0.25, 0.3) is 6.08 Å². The van der Waals surface area contributed by atoms with Crippen LogP contribution in [0.3, 0.4) is 0 Å². The van der Waals surface area contributed by atoms with Crippen molar-refractivity contribution in [3.05, 3.63) is 90.7 Å². The number of aliphatic imine (C=N–C) groups is 1. The van der Waals surface area contributed by atoms with E-state index in [1.165, 1.54) is 11.8 Å². The number of carbonyl (C=O) groups excluding carboxylic acids is 1. The predicted octanol–water partition coefficient (Wildman–Crippen LogP) is 8.28. The molecule has 1 aliphatic heterocycles. The molecule has 0 spiro atoms. The lowest BCUT2D eigenvalue weighted by molar-refractivity contribution is -0.121. The molecule has 0 aliphatic carbocycles. The van der Waals surface area contributed by atoms with Gasteiger partial charge in [0.05, 0.1) is 17.2 Å². The van der Waals surface area contributed by atoms with Gasteiger partial charge in [-0.2, -0.15) is 0 Å². The van der Waals surface area contributed by atoms with E-state index in [-0.39, 0.29) is 12.5 Å². The number of aryl methyl sites for hydroxylation is 1. The van der Waals surface area contributed by atoms with Crippen molar-refractivity contribution in [2.24, 2.45) is 4.99 Å². The molecular weight excluding hydrogens is 583 g/mol. The number of carbonyl (C=O) groups is 1. The van der Waals surface area contributed by atoms with Gasteiger partial charge in [-0.15, -0.1) is 0 Å². The van der Waals surface area contributed by atoms with Crippen molar-refractivity contribution in [1.82, 2.24) is 4.90 Å². The molecule has 0 unspecified atom stereocenters. The summed E-state index contributed by atoms with van der Waals surface area (Å²) in [5.41, 5.74) is 3.55. The largest absolute Gasteiger partial charge is 0.490 e. The van der Waals surface area contributed by atoms with Gasteiger partial charge >= 0.3 is 0 Å². The average molecular weight is 606 g/mol. The summed E-state index contributed by atoms with van der Waals surface area (Å²) in [6.45, 7) is 4.63. The van der Waals surface area contributed by atoms with E-state index in [1.54, 1.807) is 24.1 Å². The summed E-state index contributed by atoms with van der Waals surface area (Å²) in [5, 5.41) is 1.72. The number of thioether (sulfide) groups is 1. The van der Waals surface area contributed by atoms with Crippen LogP contribution in [0, 0.1) is 6.92 Å². The fourth-order valence-corrected chi connectivity index (χ4v) is 5.24. The van der Waals surface area contributed by atoms with Crippen molar-refractivity contribution in [3.63, 3.8) is 0 Å². The summed E-state index contributed by atoms with van der Waals surface area (Å²) in [5.74, 6) is 1.00. The van der Waals surface area contributed by atoms with E-state index in [2.05, 4.69) is 20.9 Å². The monoisotopic (exact) mass is 604 g/mol. The third kappa shape index (κ3) is 6.27. The highest BCUT2D eigenvalue weighted by Gasteiger charge is 2.30. The zero-order valence-electron chi connectivity index (χ0n) is 19.8. The molecule has 3 aromatic rings. The summed E-state index contributed by atoms with van der Waals surface area (Å²) in [6, 6.07) is 16.8. The Bertz CT molecular complexity index is 1360. The molecule has 9 heteroatoms. The van der Waals surface area contributed by atoms with Gasteiger partial charge in [0.1, 0.15) is 6.61 Å². The maximum atomic E-state index is 12.9. The maximum Gasteiger partial charge on any atom is 0.266 e. The third-order valence-corrected chi connectivity index (χ3v) is 7.64. The van der Waals surface area contributed by atoms with Crippen molar-refractivity contribution >= 4 is 73.7 Å². The van der Waals surface area contributed by atoms with E-state index in [0.717, 1.165) is 26.9 Å². The van der Waals surface area contributed by atoms with Crippen molar-refractivity contribution in [2.45, 2.75) is 20.5 Å². The fourth-order valence-electron chi connectivity index (χ4n) is 3.36. The number of halogens is 3. The molecular formula is C27H23BrCl2N2O3S. The number of hydrogen-bond donors (Lipinski definition) is 0. The van der Waals surface area contributed by atoms with Crippen LogP contribution in [0.5, 0.6) is 11.5 Å². The topological polar surface area (TPSA) is 51.1 Å². The van der Waals surface area contributed by atoms with Gasteiger partial charge in [-0.05, 0) is 73.6 Å². The molecule has 0 saturated carbocycles. The van der Waals surface area contributed by atoms with E-state index < -0.39 is 0 Å². The first kappa shape index (κ1) is 26.6. The number of nitrogens with zero attached hydrogens (tertiary/aromatic N) is 2. The maximum absolute atomic E-state index is 12.9. The Morgan fingerprint density at radius 3 is 2.47 bits per heavy atom. The Morgan fingerprint density at radius 2 is 1.78 bits per heavy atom. The third-order valence-electron chi connectivity index (χ3n) is 5.31. The zero-order chi connectivity index (χ0) is 25.8. The Morgan fingerprint density at radius 1 is 1.06 bits per heavy atom. The highest BCUT2D eigenvalue weighted by molar-refractivity contribution is 9.10. The summed E-state index contributed by atoms with van der Waals surface area (Å²) in [6.07, 6.45) is 1.83. The molecule has 36 heavy (non-hydrogen) atoms. The van der Waals surface area contributed by atoms with Crippen molar-refractivity contribution < 1.29 is 14.3 Å². The van der Waals surface area contributed by atoms with E-state index in [0.29, 0.717) is 38.2 Å². The molecule has 3 aromatic carbocycles. The highest BCUT2D eigenvalue weighted by atomic mass is 79.9. The van der Waals surface area contributed by atoms with E-state index in [9.17, 15) is 4.79 Å². The molecule has 1 saturated heterocycles. The SMILES string of the molecule is CCOc1cc(/C=C2\SC(=Nc3ccc(C)cc3)N(C)C2=O)c(Br)cc1OCc1ccc(Cl)cc1Cl. The van der Waals surface area contributed by atoms with Crippen molar-refractivity contribution in [2.75, 3.05) is 13.7 Å². The average Bonchev–Trinajstić information content (AvgIpc) is 3.10. The molecule has 1 heterocycles. The first-order valence-electron chi connectivity index (χ1n) is 11.1. The highest BCUT2D eigenvalue weighted by Crippen LogP contribution is 2.39. The molecule has 4 rings (SSSR count). The first-order valence-corrected chi connectivity index (χ1v) is 13.5. The summed E-state index contributed by atoms with van der Waals surface area (Å²) >= 11 is 17.2. The van der Waals surface area contributed by atoms with E-state index in [4.69, 9.17) is 32.7 Å². The fraction of sp³-hybridized carbons (Fsp3) is 0.185. The van der Waals surface area contributed by atoms with Crippen LogP contribution in [-0.4, -0.2) is 29.6 Å². The van der Waals surface area contributed by atoms with Crippen LogP contribution in [0.4, 0.5) is 5.69 Å². The molecule has 0 atom stereocenters. The molecule has 0 N–H and O–H groups in total. The van der Waals surface area contributed by atoms with Gasteiger partial charge in [-0.3, -0.25) is 9.69 Å². The van der Waals surface area contributed by atoms with Crippen LogP contribution < -0.4 is 9.47 Å². The Balaban J connectivity index is 1.59. The minimum absolute atomic E-state index is 0.117. The minimum Gasteiger partial charge on any atom is -0.490 e. The number of amides is 1. The summed E-state index contributed by atoms with van der Waals surface area (Å²) in [4.78, 5) is 19.7. The van der Waals surface area contributed by atoms with Crippen molar-refractivity contribution in [3.8, 4) is 11.5 Å². The summed E-state index contributed by atoms with van der Waals surface area (Å²) in [7, 11) is 1.72. The smallest absolute Gasteiger partial charge is 0.266 e. The van der Waals surface area contributed by atoms with Gasteiger partial charge in [-0.1, -0.05) is 62.9 Å². The van der Waals surface area contributed by atoms with Crippen molar-refractivity contribution in [1.29, 1.82) is 0 Å². The predicted molar refractivity (Wildman–Crippen MR) is 153 cm³/mol. The van der Waals surface area contributed by atoms with Gasteiger partial charge in [0, 0.05) is 27.1 Å². The molecule has 1 amide bonds. The molecule has 1 aliphatic rings. The minimum atomic E-state index is -0.117. The zero-order valence-corrected chi connectivity index (χ0v) is 23.8. The Hall–Kier alpha value is -2.45. The molecule has 0 aromatic heterocycles. The van der Waals surface area contributed by atoms with Crippen LogP contribution in [0.15, 0.2) is 69.0 Å². The van der Waals surface area contributed by atoms with E-state index >= 15 is 0 Å². The van der Waals surface area contributed by atoms with Crippen LogP contribution in [-0.2, 0) is 11.4 Å². The second-order valence-corrected chi connectivity index (χ2v) is 10.7. The van der Waals surface area contributed by atoms with Gasteiger partial charge < -0.3 is 9.47 Å². The molecule has 186 valence electrons. The van der Waals surface area contributed by atoms with Gasteiger partial charge in [0.25, 0.3) is 5.91 Å². The Labute approximate surface area is 233 Å². The second kappa shape index (κ2) is 11.7. The van der Waals surface area contributed by atoms with Gasteiger partial charge in [0.2, 0.25) is 0 Å².